The Hall–Kier alpha value is -2.83. The maximum absolute atomic E-state index is 13.4. The van der Waals surface area contributed by atoms with Gasteiger partial charge in [0, 0.05) is 36.0 Å². The van der Waals surface area contributed by atoms with Crippen molar-refractivity contribution in [2.24, 2.45) is 0 Å². The molecule has 142 valence electrons. The van der Waals surface area contributed by atoms with E-state index >= 15 is 0 Å². The van der Waals surface area contributed by atoms with Crippen LogP contribution < -0.4 is 5.32 Å². The highest BCUT2D eigenvalue weighted by molar-refractivity contribution is 5.99. The zero-order valence-electron chi connectivity index (χ0n) is 14.8. The largest absolute Gasteiger partial charge is 0.481 e. The number of fused-ring (bicyclic) bond motifs is 1. The summed E-state index contributed by atoms with van der Waals surface area (Å²) in [5.41, 5.74) is 2.62. The monoisotopic (exact) mass is 374 g/mol. The average molecular weight is 374 g/mol. The molecule has 7 heteroatoms. The minimum absolute atomic E-state index is 0.171. The zero-order chi connectivity index (χ0) is 19.6. The quantitative estimate of drug-likeness (QED) is 0.828. The average Bonchev–Trinajstić information content (AvgIpc) is 2.60. The SMILES string of the molecule is CC(CC(=O)O)NC(=O)c1cnc2c(C3=CCC(F)(F)CC3)cccc2c1. The van der Waals surface area contributed by atoms with Gasteiger partial charge in [-0.2, -0.15) is 0 Å². The summed E-state index contributed by atoms with van der Waals surface area (Å²) in [7, 11) is 0. The molecule has 1 heterocycles. The fourth-order valence-electron chi connectivity index (χ4n) is 3.20. The number of pyridine rings is 1. The second-order valence-corrected chi connectivity index (χ2v) is 6.86. The molecule has 1 amide bonds. The molecule has 0 aliphatic heterocycles. The lowest BCUT2D eigenvalue weighted by Gasteiger charge is -2.22. The molecule has 0 saturated heterocycles. The number of carboxylic acids is 1. The van der Waals surface area contributed by atoms with Crippen molar-refractivity contribution in [1.82, 2.24) is 10.3 Å². The number of aromatic nitrogens is 1. The molecule has 2 N–H and O–H groups in total. The van der Waals surface area contributed by atoms with Gasteiger partial charge in [0.05, 0.1) is 17.5 Å². The lowest BCUT2D eigenvalue weighted by atomic mass is 9.90. The first-order valence-corrected chi connectivity index (χ1v) is 8.74. The van der Waals surface area contributed by atoms with E-state index in [4.69, 9.17) is 5.11 Å². The summed E-state index contributed by atoms with van der Waals surface area (Å²) in [4.78, 5) is 27.4. The minimum Gasteiger partial charge on any atom is -0.481 e. The van der Waals surface area contributed by atoms with E-state index in [1.54, 1.807) is 25.1 Å². The molecule has 1 aliphatic rings. The van der Waals surface area contributed by atoms with Crippen LogP contribution in [0.4, 0.5) is 8.78 Å². The molecule has 0 radical (unpaired) electrons. The number of rotatable bonds is 5. The summed E-state index contributed by atoms with van der Waals surface area (Å²) in [5, 5.41) is 12.1. The molecular formula is C20H20F2N2O3. The van der Waals surface area contributed by atoms with Crippen LogP contribution in [0.15, 0.2) is 36.5 Å². The van der Waals surface area contributed by atoms with Crippen LogP contribution in [-0.2, 0) is 4.79 Å². The van der Waals surface area contributed by atoms with Crippen LogP contribution in [0, 0.1) is 0 Å². The number of carbonyl (C=O) groups excluding carboxylic acids is 1. The highest BCUT2D eigenvalue weighted by Gasteiger charge is 2.31. The number of allylic oxidation sites excluding steroid dienone is 2. The second-order valence-electron chi connectivity index (χ2n) is 6.86. The molecular weight excluding hydrogens is 354 g/mol. The summed E-state index contributed by atoms with van der Waals surface area (Å²) >= 11 is 0. The Morgan fingerprint density at radius 1 is 1.37 bits per heavy atom. The number of carboxylic acid groups (broad SMARTS) is 1. The third kappa shape index (κ3) is 4.48. The molecule has 1 unspecified atom stereocenters. The maximum atomic E-state index is 13.4. The Labute approximate surface area is 155 Å². The number of nitrogens with zero attached hydrogens (tertiary/aromatic N) is 1. The molecule has 0 saturated carbocycles. The molecule has 3 rings (SSSR count). The van der Waals surface area contributed by atoms with E-state index in [1.165, 1.54) is 6.20 Å². The van der Waals surface area contributed by atoms with Crippen LogP contribution in [0.1, 0.15) is 48.5 Å². The summed E-state index contributed by atoms with van der Waals surface area (Å²) in [6.07, 6.45) is 2.64. The van der Waals surface area contributed by atoms with Crippen molar-refractivity contribution >= 4 is 28.4 Å². The molecule has 0 spiro atoms. The van der Waals surface area contributed by atoms with E-state index in [0.29, 0.717) is 11.1 Å². The molecule has 1 aromatic heterocycles. The first-order valence-electron chi connectivity index (χ1n) is 8.74. The highest BCUT2D eigenvalue weighted by Crippen LogP contribution is 2.37. The molecule has 0 bridgehead atoms. The molecule has 1 aromatic carbocycles. The van der Waals surface area contributed by atoms with Gasteiger partial charge in [0.1, 0.15) is 0 Å². The van der Waals surface area contributed by atoms with Crippen molar-refractivity contribution in [1.29, 1.82) is 0 Å². The number of carbonyl (C=O) groups is 2. The number of amides is 1. The number of alkyl halides is 2. The number of aliphatic carboxylic acids is 1. The zero-order valence-corrected chi connectivity index (χ0v) is 14.8. The van der Waals surface area contributed by atoms with E-state index < -0.39 is 23.8 Å². The van der Waals surface area contributed by atoms with Gasteiger partial charge in [-0.1, -0.05) is 24.3 Å². The van der Waals surface area contributed by atoms with Crippen LogP contribution in [-0.4, -0.2) is 33.9 Å². The predicted octanol–water partition coefficient (Wildman–Crippen LogP) is 4.03. The van der Waals surface area contributed by atoms with Crippen LogP contribution >= 0.6 is 0 Å². The molecule has 27 heavy (non-hydrogen) atoms. The van der Waals surface area contributed by atoms with Gasteiger partial charge in [-0.15, -0.1) is 0 Å². The Morgan fingerprint density at radius 3 is 2.81 bits per heavy atom. The number of nitrogens with one attached hydrogen (secondary N) is 1. The lowest BCUT2D eigenvalue weighted by Crippen LogP contribution is -2.34. The fraction of sp³-hybridized carbons (Fsp3) is 0.350. The van der Waals surface area contributed by atoms with Gasteiger partial charge in [-0.25, -0.2) is 8.78 Å². The lowest BCUT2D eigenvalue weighted by molar-refractivity contribution is -0.137. The topological polar surface area (TPSA) is 79.3 Å². The van der Waals surface area contributed by atoms with E-state index in [-0.39, 0.29) is 25.7 Å². The first kappa shape index (κ1) is 18.9. The predicted molar refractivity (Wildman–Crippen MR) is 97.7 cm³/mol. The van der Waals surface area contributed by atoms with Gasteiger partial charge in [0.25, 0.3) is 11.8 Å². The first-order chi connectivity index (χ1) is 12.7. The Bertz CT molecular complexity index is 925. The van der Waals surface area contributed by atoms with Crippen molar-refractivity contribution in [3.8, 4) is 0 Å². The molecule has 1 aliphatic carbocycles. The van der Waals surface area contributed by atoms with E-state index in [9.17, 15) is 18.4 Å². The van der Waals surface area contributed by atoms with Crippen LogP contribution in [0.2, 0.25) is 0 Å². The van der Waals surface area contributed by atoms with Gasteiger partial charge in [-0.3, -0.25) is 14.6 Å². The van der Waals surface area contributed by atoms with Crippen molar-refractivity contribution in [3.63, 3.8) is 0 Å². The van der Waals surface area contributed by atoms with Crippen LogP contribution in [0.25, 0.3) is 16.5 Å². The van der Waals surface area contributed by atoms with Crippen LogP contribution in [0.3, 0.4) is 0 Å². The Kier molecular flexibility index (Phi) is 5.21. The highest BCUT2D eigenvalue weighted by atomic mass is 19.3. The molecule has 2 aromatic rings. The van der Waals surface area contributed by atoms with Gasteiger partial charge >= 0.3 is 5.97 Å². The number of halogens is 2. The third-order valence-corrected chi connectivity index (χ3v) is 4.58. The van der Waals surface area contributed by atoms with Crippen molar-refractivity contribution in [2.45, 2.75) is 44.6 Å². The van der Waals surface area contributed by atoms with Gasteiger partial charge in [-0.05, 0) is 25.0 Å². The number of hydrogen-bond donors (Lipinski definition) is 2. The number of hydrogen-bond acceptors (Lipinski definition) is 3. The third-order valence-electron chi connectivity index (χ3n) is 4.58. The second kappa shape index (κ2) is 7.42. The summed E-state index contributed by atoms with van der Waals surface area (Å²) in [6.45, 7) is 1.62. The van der Waals surface area contributed by atoms with Crippen molar-refractivity contribution < 1.29 is 23.5 Å². The van der Waals surface area contributed by atoms with Gasteiger partial charge in [0.2, 0.25) is 0 Å². The fourth-order valence-corrected chi connectivity index (χ4v) is 3.20. The summed E-state index contributed by atoms with van der Waals surface area (Å²) in [5.74, 6) is -4.05. The summed E-state index contributed by atoms with van der Waals surface area (Å²) in [6, 6.07) is 6.63. The number of para-hydroxylation sites is 1. The van der Waals surface area contributed by atoms with E-state index in [2.05, 4.69) is 10.3 Å². The maximum Gasteiger partial charge on any atom is 0.305 e. The molecule has 5 nitrogen and oxygen atoms in total. The Balaban J connectivity index is 1.86. The van der Waals surface area contributed by atoms with Crippen molar-refractivity contribution in [3.05, 3.63) is 47.7 Å². The minimum atomic E-state index is -2.65. The normalized spacial score (nSPS) is 17.2. The summed E-state index contributed by atoms with van der Waals surface area (Å²) < 4.78 is 26.8. The number of benzene rings is 1. The Morgan fingerprint density at radius 2 is 2.15 bits per heavy atom. The molecule has 1 atom stereocenters. The van der Waals surface area contributed by atoms with Gasteiger partial charge < -0.3 is 10.4 Å². The van der Waals surface area contributed by atoms with Crippen molar-refractivity contribution in [2.75, 3.05) is 0 Å². The van der Waals surface area contributed by atoms with E-state index in [0.717, 1.165) is 16.5 Å². The van der Waals surface area contributed by atoms with Crippen LogP contribution in [0.5, 0.6) is 0 Å². The standard InChI is InChI=1S/C20H20F2N2O3/c1-12(9-17(25)26)24-19(27)15-10-14-3-2-4-16(18(14)23-11-15)13-5-7-20(21,22)8-6-13/h2-5,10-12H,6-9H2,1H3,(H,24,27)(H,25,26). The van der Waals surface area contributed by atoms with E-state index in [1.807, 2.05) is 12.1 Å². The molecule has 0 fully saturated rings. The van der Waals surface area contributed by atoms with Gasteiger partial charge in [0.15, 0.2) is 0 Å². The smallest absolute Gasteiger partial charge is 0.305 e.